The molecule has 3 rings (SSSR count). The fourth-order valence-electron chi connectivity index (χ4n) is 2.78. The number of aryl methyl sites for hydroxylation is 1. The van der Waals surface area contributed by atoms with E-state index in [1.807, 2.05) is 12.1 Å². The van der Waals surface area contributed by atoms with Gasteiger partial charge in [0.15, 0.2) is 0 Å². The third-order valence-electron chi connectivity index (χ3n) is 3.82. The van der Waals surface area contributed by atoms with Gasteiger partial charge >= 0.3 is 0 Å². The van der Waals surface area contributed by atoms with E-state index in [0.29, 0.717) is 0 Å². The van der Waals surface area contributed by atoms with E-state index in [9.17, 15) is 4.79 Å². The largest absolute Gasteiger partial charge is 0.302 e. The molecule has 0 N–H and O–H groups in total. The first-order valence-electron chi connectivity index (χ1n) is 5.88. The number of carbonyl (C=O) groups is 1. The molecule has 2 aromatic rings. The van der Waals surface area contributed by atoms with Crippen molar-refractivity contribution in [2.45, 2.75) is 19.8 Å². The second-order valence-electron chi connectivity index (χ2n) is 4.67. The van der Waals surface area contributed by atoms with E-state index < -0.39 is 0 Å². The second-order valence-corrected chi connectivity index (χ2v) is 4.67. The highest BCUT2D eigenvalue weighted by Crippen LogP contribution is 2.45. The van der Waals surface area contributed by atoms with Gasteiger partial charge in [-0.3, -0.25) is 0 Å². The quantitative estimate of drug-likeness (QED) is 0.673. The summed E-state index contributed by atoms with van der Waals surface area (Å²) in [4.78, 5) is 11.4. The molecule has 0 bridgehead atoms. The lowest BCUT2D eigenvalue weighted by molar-refractivity contribution is -0.108. The zero-order chi connectivity index (χ0) is 12.0. The van der Waals surface area contributed by atoms with Crippen LogP contribution in [0.25, 0.3) is 11.1 Å². The van der Waals surface area contributed by atoms with E-state index in [1.165, 1.54) is 27.8 Å². The van der Waals surface area contributed by atoms with Gasteiger partial charge < -0.3 is 4.79 Å². The van der Waals surface area contributed by atoms with Crippen molar-refractivity contribution in [3.63, 3.8) is 0 Å². The van der Waals surface area contributed by atoms with Crippen molar-refractivity contribution in [1.82, 2.24) is 0 Å². The minimum absolute atomic E-state index is 0.0823. The summed E-state index contributed by atoms with van der Waals surface area (Å²) in [5, 5.41) is 0. The molecule has 0 heterocycles. The summed E-state index contributed by atoms with van der Waals surface area (Å²) in [6.07, 6.45) is 1.07. The average Bonchev–Trinajstić information content (AvgIpc) is 2.68. The SMILES string of the molecule is Cc1ccc2c(c1C)C(C=O)c1ccccc1-2. The van der Waals surface area contributed by atoms with Crippen LogP contribution >= 0.6 is 0 Å². The highest BCUT2D eigenvalue weighted by Gasteiger charge is 2.29. The van der Waals surface area contributed by atoms with Crippen LogP contribution in [0.4, 0.5) is 0 Å². The Kier molecular flexibility index (Phi) is 2.15. The summed E-state index contributed by atoms with van der Waals surface area (Å²) >= 11 is 0. The molecular formula is C16H14O. The van der Waals surface area contributed by atoms with Crippen molar-refractivity contribution in [3.8, 4) is 11.1 Å². The van der Waals surface area contributed by atoms with Crippen LogP contribution in [-0.4, -0.2) is 6.29 Å². The molecule has 17 heavy (non-hydrogen) atoms. The number of fused-ring (bicyclic) bond motifs is 3. The summed E-state index contributed by atoms with van der Waals surface area (Å²) in [7, 11) is 0. The van der Waals surface area contributed by atoms with E-state index in [2.05, 4.69) is 38.1 Å². The van der Waals surface area contributed by atoms with Gasteiger partial charge in [0, 0.05) is 0 Å². The summed E-state index contributed by atoms with van der Waals surface area (Å²) in [6, 6.07) is 12.5. The number of aldehydes is 1. The Balaban J connectivity index is 2.39. The van der Waals surface area contributed by atoms with Crippen LogP contribution < -0.4 is 0 Å². The molecular weight excluding hydrogens is 208 g/mol. The van der Waals surface area contributed by atoms with Gasteiger partial charge in [0.1, 0.15) is 6.29 Å². The van der Waals surface area contributed by atoms with Gasteiger partial charge in [-0.05, 0) is 47.2 Å². The highest BCUT2D eigenvalue weighted by molar-refractivity contribution is 5.89. The molecule has 0 amide bonds. The maximum atomic E-state index is 11.4. The van der Waals surface area contributed by atoms with E-state index in [1.54, 1.807) is 0 Å². The predicted molar refractivity (Wildman–Crippen MR) is 69.3 cm³/mol. The zero-order valence-corrected chi connectivity index (χ0v) is 10.0. The third-order valence-corrected chi connectivity index (χ3v) is 3.82. The molecule has 0 saturated heterocycles. The van der Waals surface area contributed by atoms with Crippen LogP contribution in [0.1, 0.15) is 28.2 Å². The summed E-state index contributed by atoms with van der Waals surface area (Å²) in [6.45, 7) is 4.21. The first-order chi connectivity index (χ1) is 8.24. The Bertz CT molecular complexity index is 611. The van der Waals surface area contributed by atoms with E-state index in [0.717, 1.165) is 11.8 Å². The average molecular weight is 222 g/mol. The van der Waals surface area contributed by atoms with Gasteiger partial charge in [-0.1, -0.05) is 36.4 Å². The van der Waals surface area contributed by atoms with Crippen LogP contribution in [0.15, 0.2) is 36.4 Å². The highest BCUT2D eigenvalue weighted by atomic mass is 16.1. The Morgan fingerprint density at radius 1 is 1.00 bits per heavy atom. The second kappa shape index (κ2) is 3.56. The monoisotopic (exact) mass is 222 g/mol. The standard InChI is InChI=1S/C16H14O/c1-10-7-8-14-12-5-3-4-6-13(12)15(9-17)16(14)11(10)2/h3-9,15H,1-2H3. The molecule has 1 atom stereocenters. The fraction of sp³-hybridized carbons (Fsp3) is 0.188. The minimum Gasteiger partial charge on any atom is -0.302 e. The van der Waals surface area contributed by atoms with Crippen molar-refractivity contribution in [1.29, 1.82) is 0 Å². The van der Waals surface area contributed by atoms with Crippen molar-refractivity contribution in [2.24, 2.45) is 0 Å². The van der Waals surface area contributed by atoms with Gasteiger partial charge in [0.05, 0.1) is 5.92 Å². The molecule has 0 aromatic heterocycles. The molecule has 1 aliphatic carbocycles. The summed E-state index contributed by atoms with van der Waals surface area (Å²) < 4.78 is 0. The van der Waals surface area contributed by atoms with Crippen molar-refractivity contribution >= 4 is 6.29 Å². The number of carbonyl (C=O) groups excluding carboxylic acids is 1. The van der Waals surface area contributed by atoms with Crippen LogP contribution in [0.2, 0.25) is 0 Å². The van der Waals surface area contributed by atoms with E-state index in [-0.39, 0.29) is 5.92 Å². The number of benzene rings is 2. The van der Waals surface area contributed by atoms with Gasteiger partial charge in [0.2, 0.25) is 0 Å². The predicted octanol–water partition coefficient (Wildman–Crippen LogP) is 3.61. The summed E-state index contributed by atoms with van der Waals surface area (Å²) in [5.74, 6) is -0.0823. The van der Waals surface area contributed by atoms with Crippen molar-refractivity contribution in [3.05, 3.63) is 58.7 Å². The lowest BCUT2D eigenvalue weighted by Gasteiger charge is -2.11. The molecule has 0 aliphatic heterocycles. The molecule has 1 heteroatoms. The first kappa shape index (κ1) is 10.3. The van der Waals surface area contributed by atoms with Gasteiger partial charge in [-0.15, -0.1) is 0 Å². The topological polar surface area (TPSA) is 17.1 Å². The van der Waals surface area contributed by atoms with Crippen LogP contribution in [0, 0.1) is 13.8 Å². The fourth-order valence-corrected chi connectivity index (χ4v) is 2.78. The van der Waals surface area contributed by atoms with E-state index in [4.69, 9.17) is 0 Å². The lowest BCUT2D eigenvalue weighted by Crippen LogP contribution is -2.00. The third kappa shape index (κ3) is 1.29. The van der Waals surface area contributed by atoms with Crippen molar-refractivity contribution < 1.29 is 4.79 Å². The Morgan fingerprint density at radius 2 is 1.76 bits per heavy atom. The Morgan fingerprint density at radius 3 is 2.53 bits per heavy atom. The zero-order valence-electron chi connectivity index (χ0n) is 10.0. The smallest absolute Gasteiger partial charge is 0.131 e. The minimum atomic E-state index is -0.0823. The molecule has 84 valence electrons. The maximum absolute atomic E-state index is 11.4. The molecule has 1 unspecified atom stereocenters. The lowest BCUT2D eigenvalue weighted by atomic mass is 9.92. The molecule has 0 fully saturated rings. The van der Waals surface area contributed by atoms with Gasteiger partial charge in [0.25, 0.3) is 0 Å². The summed E-state index contributed by atoms with van der Waals surface area (Å²) in [5.41, 5.74) is 7.27. The molecule has 1 nitrogen and oxygen atoms in total. The van der Waals surface area contributed by atoms with Crippen molar-refractivity contribution in [2.75, 3.05) is 0 Å². The van der Waals surface area contributed by atoms with Crippen LogP contribution in [0.3, 0.4) is 0 Å². The molecule has 0 saturated carbocycles. The van der Waals surface area contributed by atoms with Gasteiger partial charge in [-0.2, -0.15) is 0 Å². The van der Waals surface area contributed by atoms with Crippen LogP contribution in [0.5, 0.6) is 0 Å². The Hall–Kier alpha value is -1.89. The molecule has 0 radical (unpaired) electrons. The first-order valence-corrected chi connectivity index (χ1v) is 5.88. The number of rotatable bonds is 1. The molecule has 0 spiro atoms. The molecule has 2 aromatic carbocycles. The Labute approximate surface area is 101 Å². The number of hydrogen-bond acceptors (Lipinski definition) is 1. The normalized spacial score (nSPS) is 16.5. The molecule has 1 aliphatic rings. The van der Waals surface area contributed by atoms with E-state index >= 15 is 0 Å². The van der Waals surface area contributed by atoms with Crippen LogP contribution in [-0.2, 0) is 4.79 Å². The maximum Gasteiger partial charge on any atom is 0.131 e. The number of hydrogen-bond donors (Lipinski definition) is 0. The van der Waals surface area contributed by atoms with Gasteiger partial charge in [-0.25, -0.2) is 0 Å².